The van der Waals surface area contributed by atoms with Gasteiger partial charge < -0.3 is 20.1 Å². The van der Waals surface area contributed by atoms with Gasteiger partial charge in [0.25, 0.3) is 0 Å². The highest BCUT2D eigenvalue weighted by Crippen LogP contribution is 2.30. The summed E-state index contributed by atoms with van der Waals surface area (Å²) in [5, 5.41) is 6.11. The number of hydrogen-bond acceptors (Lipinski definition) is 4. The van der Waals surface area contributed by atoms with Gasteiger partial charge in [0.15, 0.2) is 11.5 Å². The standard InChI is InChI=1S/C16H24N2O3/c1-11(2)10-21-15-9-12(6-7-14(15)20-3)18-16(19)13-5-4-8-17-13/h6-7,9,11,13,17H,4-5,8,10H2,1-3H3,(H,18,19). The van der Waals surface area contributed by atoms with E-state index >= 15 is 0 Å². The smallest absolute Gasteiger partial charge is 0.241 e. The van der Waals surface area contributed by atoms with E-state index in [0.29, 0.717) is 24.0 Å². The van der Waals surface area contributed by atoms with E-state index in [-0.39, 0.29) is 11.9 Å². The number of benzene rings is 1. The molecule has 116 valence electrons. The van der Waals surface area contributed by atoms with Crippen LogP contribution in [0.5, 0.6) is 11.5 Å². The zero-order valence-corrected chi connectivity index (χ0v) is 12.9. The lowest BCUT2D eigenvalue weighted by Crippen LogP contribution is -2.35. The first-order chi connectivity index (χ1) is 10.1. The molecule has 1 atom stereocenters. The van der Waals surface area contributed by atoms with Crippen molar-refractivity contribution >= 4 is 11.6 Å². The summed E-state index contributed by atoms with van der Waals surface area (Å²) in [6.07, 6.45) is 1.93. The quantitative estimate of drug-likeness (QED) is 0.845. The van der Waals surface area contributed by atoms with Gasteiger partial charge >= 0.3 is 0 Å². The molecular formula is C16H24N2O3. The molecule has 1 heterocycles. The SMILES string of the molecule is COc1ccc(NC(=O)C2CCCN2)cc1OCC(C)C. The van der Waals surface area contributed by atoms with E-state index in [9.17, 15) is 4.79 Å². The van der Waals surface area contributed by atoms with Crippen LogP contribution in [0, 0.1) is 5.92 Å². The number of carbonyl (C=O) groups excluding carboxylic acids is 1. The second-order valence-corrected chi connectivity index (χ2v) is 5.71. The Bertz CT molecular complexity index is 482. The summed E-state index contributed by atoms with van der Waals surface area (Å²) in [7, 11) is 1.61. The third-order valence-corrected chi connectivity index (χ3v) is 3.38. The Hall–Kier alpha value is -1.75. The first kappa shape index (κ1) is 15.6. The summed E-state index contributed by atoms with van der Waals surface area (Å²) in [5.41, 5.74) is 0.730. The van der Waals surface area contributed by atoms with Crippen molar-refractivity contribution in [2.24, 2.45) is 5.92 Å². The summed E-state index contributed by atoms with van der Waals surface area (Å²) >= 11 is 0. The van der Waals surface area contributed by atoms with E-state index in [1.165, 1.54) is 0 Å². The van der Waals surface area contributed by atoms with E-state index in [1.807, 2.05) is 18.2 Å². The predicted molar refractivity (Wildman–Crippen MR) is 83.0 cm³/mol. The molecule has 0 bridgehead atoms. The van der Waals surface area contributed by atoms with Crippen molar-refractivity contribution in [3.05, 3.63) is 18.2 Å². The van der Waals surface area contributed by atoms with E-state index in [0.717, 1.165) is 25.1 Å². The molecule has 1 aromatic rings. The molecule has 1 aliphatic rings. The molecule has 5 heteroatoms. The van der Waals surface area contributed by atoms with Crippen molar-refractivity contribution in [1.29, 1.82) is 0 Å². The van der Waals surface area contributed by atoms with Crippen LogP contribution < -0.4 is 20.1 Å². The minimum absolute atomic E-state index is 0.00692. The summed E-state index contributed by atoms with van der Waals surface area (Å²) in [6, 6.07) is 5.36. The Morgan fingerprint density at radius 2 is 2.24 bits per heavy atom. The van der Waals surface area contributed by atoms with Gasteiger partial charge in [0, 0.05) is 11.8 Å². The van der Waals surface area contributed by atoms with Crippen LogP contribution in [0.25, 0.3) is 0 Å². The van der Waals surface area contributed by atoms with Crippen LogP contribution in [0.1, 0.15) is 26.7 Å². The molecule has 2 N–H and O–H groups in total. The number of amides is 1. The van der Waals surface area contributed by atoms with E-state index in [2.05, 4.69) is 24.5 Å². The molecule has 1 saturated heterocycles. The number of hydrogen-bond donors (Lipinski definition) is 2. The summed E-state index contributed by atoms with van der Waals surface area (Å²) < 4.78 is 11.0. The molecule has 1 fully saturated rings. The summed E-state index contributed by atoms with van der Waals surface area (Å²) in [6.45, 7) is 5.69. The van der Waals surface area contributed by atoms with Crippen molar-refractivity contribution in [2.75, 3.05) is 25.6 Å². The third kappa shape index (κ3) is 4.36. The number of carbonyl (C=O) groups is 1. The lowest BCUT2D eigenvalue weighted by Gasteiger charge is -2.15. The summed E-state index contributed by atoms with van der Waals surface area (Å²) in [5.74, 6) is 1.76. The maximum absolute atomic E-state index is 12.1. The van der Waals surface area contributed by atoms with E-state index in [1.54, 1.807) is 7.11 Å². The Balaban J connectivity index is 2.05. The van der Waals surface area contributed by atoms with Gasteiger partial charge in [-0.05, 0) is 37.4 Å². The van der Waals surface area contributed by atoms with Gasteiger partial charge in [-0.25, -0.2) is 0 Å². The number of ether oxygens (including phenoxy) is 2. The zero-order chi connectivity index (χ0) is 15.2. The van der Waals surface area contributed by atoms with E-state index in [4.69, 9.17) is 9.47 Å². The van der Waals surface area contributed by atoms with Crippen molar-refractivity contribution in [3.8, 4) is 11.5 Å². The highest BCUT2D eigenvalue weighted by molar-refractivity contribution is 5.95. The van der Waals surface area contributed by atoms with Gasteiger partial charge in [-0.15, -0.1) is 0 Å². The fourth-order valence-corrected chi connectivity index (χ4v) is 2.26. The van der Waals surface area contributed by atoms with Gasteiger partial charge in [0.1, 0.15) is 0 Å². The lowest BCUT2D eigenvalue weighted by atomic mass is 10.2. The molecule has 0 spiro atoms. The Kier molecular flexibility index (Phi) is 5.44. The van der Waals surface area contributed by atoms with Gasteiger partial charge in [0.2, 0.25) is 5.91 Å². The largest absolute Gasteiger partial charge is 0.493 e. The van der Waals surface area contributed by atoms with E-state index < -0.39 is 0 Å². The highest BCUT2D eigenvalue weighted by atomic mass is 16.5. The Morgan fingerprint density at radius 1 is 1.43 bits per heavy atom. The molecule has 1 amide bonds. The van der Waals surface area contributed by atoms with Crippen LogP contribution in [0.3, 0.4) is 0 Å². The van der Waals surface area contributed by atoms with Gasteiger partial charge in [0.05, 0.1) is 19.8 Å². The molecule has 1 unspecified atom stereocenters. The second-order valence-electron chi connectivity index (χ2n) is 5.71. The monoisotopic (exact) mass is 292 g/mol. The van der Waals surface area contributed by atoms with Crippen LogP contribution in [-0.2, 0) is 4.79 Å². The van der Waals surface area contributed by atoms with Gasteiger partial charge in [-0.3, -0.25) is 4.79 Å². The molecule has 0 saturated carbocycles. The molecule has 2 rings (SSSR count). The summed E-state index contributed by atoms with van der Waals surface area (Å²) in [4.78, 5) is 12.1. The highest BCUT2D eigenvalue weighted by Gasteiger charge is 2.22. The molecule has 0 radical (unpaired) electrons. The first-order valence-electron chi connectivity index (χ1n) is 7.45. The fraction of sp³-hybridized carbons (Fsp3) is 0.562. The Labute approximate surface area is 126 Å². The van der Waals surface area contributed by atoms with Crippen molar-refractivity contribution in [3.63, 3.8) is 0 Å². The van der Waals surface area contributed by atoms with Crippen LogP contribution in [-0.4, -0.2) is 32.2 Å². The molecule has 1 aromatic carbocycles. The molecule has 1 aliphatic heterocycles. The number of methoxy groups -OCH3 is 1. The topological polar surface area (TPSA) is 59.6 Å². The minimum atomic E-state index is -0.0906. The second kappa shape index (κ2) is 7.31. The fourth-order valence-electron chi connectivity index (χ4n) is 2.26. The van der Waals surface area contributed by atoms with Crippen LogP contribution in [0.4, 0.5) is 5.69 Å². The van der Waals surface area contributed by atoms with Crippen molar-refractivity contribution < 1.29 is 14.3 Å². The normalized spacial score (nSPS) is 17.8. The minimum Gasteiger partial charge on any atom is -0.493 e. The number of rotatable bonds is 6. The average Bonchev–Trinajstić information content (AvgIpc) is 2.99. The van der Waals surface area contributed by atoms with Crippen molar-refractivity contribution in [1.82, 2.24) is 5.32 Å². The predicted octanol–water partition coefficient (Wildman–Crippen LogP) is 2.42. The average molecular weight is 292 g/mol. The van der Waals surface area contributed by atoms with Crippen LogP contribution in [0.2, 0.25) is 0 Å². The van der Waals surface area contributed by atoms with Crippen LogP contribution in [0.15, 0.2) is 18.2 Å². The number of anilines is 1. The zero-order valence-electron chi connectivity index (χ0n) is 12.9. The molecule has 5 nitrogen and oxygen atoms in total. The van der Waals surface area contributed by atoms with Crippen LogP contribution >= 0.6 is 0 Å². The molecular weight excluding hydrogens is 268 g/mol. The molecule has 21 heavy (non-hydrogen) atoms. The van der Waals surface area contributed by atoms with Gasteiger partial charge in [-0.2, -0.15) is 0 Å². The Morgan fingerprint density at radius 3 is 2.86 bits per heavy atom. The van der Waals surface area contributed by atoms with Gasteiger partial charge in [-0.1, -0.05) is 13.8 Å². The number of nitrogens with one attached hydrogen (secondary N) is 2. The maximum Gasteiger partial charge on any atom is 0.241 e. The lowest BCUT2D eigenvalue weighted by molar-refractivity contribution is -0.117. The first-order valence-corrected chi connectivity index (χ1v) is 7.45. The third-order valence-electron chi connectivity index (χ3n) is 3.38. The molecule has 0 aromatic heterocycles. The van der Waals surface area contributed by atoms with Crippen molar-refractivity contribution in [2.45, 2.75) is 32.7 Å². The maximum atomic E-state index is 12.1. The molecule has 0 aliphatic carbocycles.